The minimum absolute atomic E-state index is 0.0413. The van der Waals surface area contributed by atoms with Crippen molar-refractivity contribution in [2.75, 3.05) is 18.1 Å². The Morgan fingerprint density at radius 2 is 2.04 bits per heavy atom. The molecule has 0 aromatic heterocycles. The molecule has 1 aromatic rings. The molecule has 8 nitrogen and oxygen atoms in total. The van der Waals surface area contributed by atoms with E-state index in [4.69, 9.17) is 11.6 Å². The summed E-state index contributed by atoms with van der Waals surface area (Å²) in [6.45, 7) is 3.76. The highest BCUT2D eigenvalue weighted by Gasteiger charge is 2.39. The van der Waals surface area contributed by atoms with Gasteiger partial charge in [0.25, 0.3) is 5.69 Å². The van der Waals surface area contributed by atoms with Crippen molar-refractivity contribution in [1.82, 2.24) is 4.31 Å². The minimum atomic E-state index is -4.10. The fourth-order valence-corrected chi connectivity index (χ4v) is 6.58. The number of hydrogen-bond acceptors (Lipinski definition) is 6. The minimum Gasteiger partial charge on any atom is -0.258 e. The number of halogens is 1. The molecule has 1 aliphatic heterocycles. The second kappa shape index (κ2) is 7.18. The van der Waals surface area contributed by atoms with Crippen LogP contribution in [0.3, 0.4) is 0 Å². The lowest BCUT2D eigenvalue weighted by molar-refractivity contribution is -0.384. The summed E-state index contributed by atoms with van der Waals surface area (Å²) in [7, 11) is -7.38. The van der Waals surface area contributed by atoms with Gasteiger partial charge in [-0.25, -0.2) is 16.8 Å². The molecule has 0 aliphatic carbocycles. The molecule has 1 aliphatic rings. The van der Waals surface area contributed by atoms with E-state index in [0.717, 1.165) is 16.4 Å². The number of rotatable bonds is 6. The van der Waals surface area contributed by atoms with Crippen LogP contribution in [0.25, 0.3) is 0 Å². The van der Waals surface area contributed by atoms with E-state index in [1.807, 2.05) is 13.8 Å². The molecular weight excluding hydrogens is 392 g/mol. The number of sulfone groups is 1. The van der Waals surface area contributed by atoms with E-state index in [2.05, 4.69) is 0 Å². The third kappa shape index (κ3) is 4.49. The Labute approximate surface area is 151 Å². The zero-order valence-corrected chi connectivity index (χ0v) is 16.1. The fourth-order valence-electron chi connectivity index (χ4n) is 2.73. The molecule has 0 unspecified atom stereocenters. The van der Waals surface area contributed by atoms with E-state index in [9.17, 15) is 26.9 Å². The highest BCUT2D eigenvalue weighted by Crippen LogP contribution is 2.31. The summed E-state index contributed by atoms with van der Waals surface area (Å²) in [5.41, 5.74) is -0.508. The molecule has 0 amide bonds. The van der Waals surface area contributed by atoms with E-state index >= 15 is 0 Å². The maximum Gasteiger partial charge on any atom is 0.289 e. The van der Waals surface area contributed by atoms with Crippen LogP contribution in [0.2, 0.25) is 5.02 Å². The molecule has 0 saturated carbocycles. The average molecular weight is 411 g/mol. The SMILES string of the molecule is CC(C)CN([C@H]1CCS(=O)(=O)C1)S(=O)(=O)c1ccc(Cl)c([N+](=O)[O-])c1. The summed E-state index contributed by atoms with van der Waals surface area (Å²) in [6.07, 6.45) is 0.212. The van der Waals surface area contributed by atoms with Gasteiger partial charge in [-0.1, -0.05) is 25.4 Å². The number of hydrogen-bond donors (Lipinski definition) is 0. The topological polar surface area (TPSA) is 115 Å². The van der Waals surface area contributed by atoms with E-state index < -0.39 is 36.5 Å². The zero-order chi connectivity index (χ0) is 19.0. The molecule has 25 heavy (non-hydrogen) atoms. The lowest BCUT2D eigenvalue weighted by Crippen LogP contribution is -2.43. The quantitative estimate of drug-likeness (QED) is 0.523. The Kier molecular flexibility index (Phi) is 5.77. The number of benzene rings is 1. The van der Waals surface area contributed by atoms with E-state index in [-0.39, 0.29) is 40.3 Å². The smallest absolute Gasteiger partial charge is 0.258 e. The molecule has 0 spiro atoms. The van der Waals surface area contributed by atoms with E-state index in [1.165, 1.54) is 6.07 Å². The van der Waals surface area contributed by atoms with Gasteiger partial charge in [-0.05, 0) is 24.5 Å². The lowest BCUT2D eigenvalue weighted by atomic mass is 10.2. The molecule has 140 valence electrons. The molecule has 0 radical (unpaired) electrons. The number of nitro benzene ring substituents is 1. The molecular formula is C14H19ClN2O6S2. The van der Waals surface area contributed by atoms with Crippen LogP contribution in [0.1, 0.15) is 20.3 Å². The van der Waals surface area contributed by atoms with Gasteiger partial charge in [0.15, 0.2) is 9.84 Å². The molecule has 0 bridgehead atoms. The normalized spacial score (nSPS) is 20.3. The molecule has 1 fully saturated rings. The fraction of sp³-hybridized carbons (Fsp3) is 0.571. The largest absolute Gasteiger partial charge is 0.289 e. The Hall–Kier alpha value is -1.23. The van der Waals surface area contributed by atoms with Crippen molar-refractivity contribution in [3.63, 3.8) is 0 Å². The van der Waals surface area contributed by atoms with Crippen LogP contribution in [0.5, 0.6) is 0 Å². The van der Waals surface area contributed by atoms with Crippen molar-refractivity contribution in [3.8, 4) is 0 Å². The van der Waals surface area contributed by atoms with Crippen molar-refractivity contribution in [2.45, 2.75) is 31.2 Å². The first-order valence-electron chi connectivity index (χ1n) is 7.60. The van der Waals surface area contributed by atoms with Gasteiger partial charge in [0, 0.05) is 18.7 Å². The van der Waals surface area contributed by atoms with Gasteiger partial charge in [-0.15, -0.1) is 0 Å². The van der Waals surface area contributed by atoms with Gasteiger partial charge in [0.2, 0.25) is 10.0 Å². The average Bonchev–Trinajstić information content (AvgIpc) is 2.84. The van der Waals surface area contributed by atoms with Crippen LogP contribution in [-0.2, 0) is 19.9 Å². The highest BCUT2D eigenvalue weighted by molar-refractivity contribution is 7.92. The maximum absolute atomic E-state index is 13.0. The number of nitrogens with zero attached hydrogens (tertiary/aromatic N) is 2. The van der Waals surface area contributed by atoms with Crippen LogP contribution >= 0.6 is 11.6 Å². The standard InChI is InChI=1S/C14H19ClN2O6S2/c1-10(2)8-16(11-5-6-24(20,21)9-11)25(22,23)12-3-4-13(15)14(7-12)17(18)19/h3-4,7,10-11H,5-6,8-9H2,1-2H3/t11-/m0/s1. The summed E-state index contributed by atoms with van der Waals surface area (Å²) in [4.78, 5) is 10.00. The summed E-state index contributed by atoms with van der Waals surface area (Å²) < 4.78 is 50.7. The predicted molar refractivity (Wildman–Crippen MR) is 93.9 cm³/mol. The van der Waals surface area contributed by atoms with Crippen molar-refractivity contribution < 1.29 is 21.8 Å². The molecule has 1 saturated heterocycles. The zero-order valence-electron chi connectivity index (χ0n) is 13.8. The van der Waals surface area contributed by atoms with Crippen LogP contribution in [0.4, 0.5) is 5.69 Å². The highest BCUT2D eigenvalue weighted by atomic mass is 35.5. The molecule has 2 rings (SSSR count). The molecule has 1 aromatic carbocycles. The molecule has 1 atom stereocenters. The predicted octanol–water partition coefficient (Wildman–Crippen LogP) is 2.08. The first kappa shape index (κ1) is 20.1. The molecule has 0 N–H and O–H groups in total. The summed E-state index contributed by atoms with van der Waals surface area (Å²) >= 11 is 5.74. The van der Waals surface area contributed by atoms with E-state index in [0.29, 0.717) is 0 Å². The summed E-state index contributed by atoms with van der Waals surface area (Å²) in [5, 5.41) is 10.9. The monoisotopic (exact) mass is 410 g/mol. The van der Waals surface area contributed by atoms with E-state index in [1.54, 1.807) is 0 Å². The van der Waals surface area contributed by atoms with Gasteiger partial charge < -0.3 is 0 Å². The van der Waals surface area contributed by atoms with Gasteiger partial charge in [-0.2, -0.15) is 4.31 Å². The summed E-state index contributed by atoms with van der Waals surface area (Å²) in [5.74, 6) is -0.350. The first-order chi connectivity index (χ1) is 11.4. The van der Waals surface area contributed by atoms with Crippen molar-refractivity contribution in [3.05, 3.63) is 33.3 Å². The Balaban J connectivity index is 2.48. The Morgan fingerprint density at radius 1 is 1.40 bits per heavy atom. The van der Waals surface area contributed by atoms with Crippen LogP contribution in [0.15, 0.2) is 23.1 Å². The van der Waals surface area contributed by atoms with Gasteiger partial charge in [0.1, 0.15) is 5.02 Å². The Bertz CT molecular complexity index is 883. The second-order valence-corrected chi connectivity index (χ2v) is 10.9. The molecule has 1 heterocycles. The Morgan fingerprint density at radius 3 is 2.52 bits per heavy atom. The summed E-state index contributed by atoms with van der Waals surface area (Å²) in [6, 6.07) is 2.59. The van der Waals surface area contributed by atoms with Crippen molar-refractivity contribution in [2.24, 2.45) is 5.92 Å². The second-order valence-electron chi connectivity index (χ2n) is 6.40. The van der Waals surface area contributed by atoms with Crippen LogP contribution < -0.4 is 0 Å². The van der Waals surface area contributed by atoms with Crippen molar-refractivity contribution in [1.29, 1.82) is 0 Å². The molecule has 11 heteroatoms. The van der Waals surface area contributed by atoms with Crippen LogP contribution in [-0.4, -0.2) is 50.2 Å². The maximum atomic E-state index is 13.0. The third-order valence-corrected chi connectivity index (χ3v) is 7.87. The third-order valence-electron chi connectivity index (χ3n) is 3.88. The van der Waals surface area contributed by atoms with Gasteiger partial charge in [-0.3, -0.25) is 10.1 Å². The van der Waals surface area contributed by atoms with Crippen LogP contribution in [0, 0.1) is 16.0 Å². The number of nitro groups is 1. The first-order valence-corrected chi connectivity index (χ1v) is 11.2. The van der Waals surface area contributed by atoms with Gasteiger partial charge >= 0.3 is 0 Å². The van der Waals surface area contributed by atoms with Crippen molar-refractivity contribution >= 4 is 37.1 Å². The lowest BCUT2D eigenvalue weighted by Gasteiger charge is -2.28. The number of sulfonamides is 1. The van der Waals surface area contributed by atoms with Gasteiger partial charge in [0.05, 0.1) is 21.3 Å².